The van der Waals surface area contributed by atoms with Gasteiger partial charge in [0, 0.05) is 0 Å². The van der Waals surface area contributed by atoms with Gasteiger partial charge in [-0.3, -0.25) is 0 Å². The lowest BCUT2D eigenvalue weighted by Gasteiger charge is -2.31. The number of benzene rings is 7. The Kier molecular flexibility index (Phi) is 4.15. The van der Waals surface area contributed by atoms with E-state index >= 15 is 0 Å². The first kappa shape index (κ1) is 22.5. The zero-order valence-corrected chi connectivity index (χ0v) is 23.3. The van der Waals surface area contributed by atoms with Gasteiger partial charge >= 0.3 is 0 Å². The predicted octanol–water partition coefficient (Wildman–Crippen LogP) is 10.8. The molecule has 1 unspecified atom stereocenters. The Bertz CT molecular complexity index is 2300. The van der Waals surface area contributed by atoms with Gasteiger partial charge in [0.05, 0.1) is 5.41 Å². The third-order valence-corrected chi connectivity index (χ3v) is 10.1. The maximum absolute atomic E-state index is 2.56. The monoisotopic (exact) mass is 530 g/mol. The van der Waals surface area contributed by atoms with Crippen LogP contribution in [0.1, 0.15) is 27.8 Å². The van der Waals surface area contributed by atoms with Crippen LogP contribution in [0.15, 0.2) is 140 Å². The minimum atomic E-state index is -0.383. The highest BCUT2D eigenvalue weighted by atomic mass is 14.5. The Balaban J connectivity index is 1.41. The second-order valence-corrected chi connectivity index (χ2v) is 12.1. The van der Waals surface area contributed by atoms with Gasteiger partial charge < -0.3 is 0 Å². The third-order valence-electron chi connectivity index (χ3n) is 10.1. The summed E-state index contributed by atoms with van der Waals surface area (Å²) in [6.45, 7) is 2.23. The highest BCUT2D eigenvalue weighted by molar-refractivity contribution is 6.21. The molecule has 42 heavy (non-hydrogen) atoms. The molecule has 0 bridgehead atoms. The molecule has 194 valence electrons. The largest absolute Gasteiger partial charge is 0.0726 e. The van der Waals surface area contributed by atoms with Crippen LogP contribution in [-0.2, 0) is 5.41 Å². The number of fused-ring (bicyclic) bond motifs is 14. The summed E-state index contributed by atoms with van der Waals surface area (Å²) < 4.78 is 0. The molecule has 0 saturated heterocycles. The van der Waals surface area contributed by atoms with E-state index in [-0.39, 0.29) is 5.41 Å². The van der Waals surface area contributed by atoms with Crippen LogP contribution in [-0.4, -0.2) is 0 Å². The fourth-order valence-corrected chi connectivity index (χ4v) is 8.46. The van der Waals surface area contributed by atoms with E-state index in [0.29, 0.717) is 0 Å². The van der Waals surface area contributed by atoms with Crippen LogP contribution in [0.25, 0.3) is 66.4 Å². The first-order valence-electron chi connectivity index (χ1n) is 14.9. The van der Waals surface area contributed by atoms with Gasteiger partial charge in [0.1, 0.15) is 0 Å². The number of rotatable bonds is 1. The molecule has 3 aliphatic carbocycles. The smallest absolute Gasteiger partial charge is 0.0622 e. The summed E-state index contributed by atoms with van der Waals surface area (Å²) in [7, 11) is 0. The van der Waals surface area contributed by atoms with Gasteiger partial charge in [-0.15, -0.1) is 0 Å². The molecule has 0 radical (unpaired) electrons. The Labute approximate surface area is 245 Å². The van der Waals surface area contributed by atoms with E-state index < -0.39 is 0 Å². The van der Waals surface area contributed by atoms with Crippen molar-refractivity contribution < 1.29 is 0 Å². The molecule has 1 spiro atoms. The summed E-state index contributed by atoms with van der Waals surface area (Å²) in [6.07, 6.45) is 0. The molecule has 7 aromatic carbocycles. The quantitative estimate of drug-likeness (QED) is 0.198. The van der Waals surface area contributed by atoms with Crippen molar-refractivity contribution >= 4 is 10.8 Å². The van der Waals surface area contributed by atoms with E-state index in [0.717, 1.165) is 0 Å². The molecular weight excluding hydrogens is 504 g/mol. The SMILES string of the molecule is Cc1ccc2c(c1)C1(c3cc(-c4ccccc4)ccc3-2)c2ccccc2-c2c1cc1c3c(cccc23)-c2ccccc2-1. The second kappa shape index (κ2) is 7.75. The lowest BCUT2D eigenvalue weighted by atomic mass is 9.69. The molecule has 3 aliphatic rings. The minimum absolute atomic E-state index is 0.383. The summed E-state index contributed by atoms with van der Waals surface area (Å²) in [4.78, 5) is 0. The summed E-state index contributed by atoms with van der Waals surface area (Å²) in [6, 6.07) is 52.7. The topological polar surface area (TPSA) is 0 Å². The van der Waals surface area contributed by atoms with E-state index in [2.05, 4.69) is 146 Å². The van der Waals surface area contributed by atoms with Crippen LogP contribution >= 0.6 is 0 Å². The predicted molar refractivity (Wildman–Crippen MR) is 175 cm³/mol. The summed E-state index contributed by atoms with van der Waals surface area (Å²) in [5.41, 5.74) is 19.9. The molecule has 1 atom stereocenters. The molecule has 7 aromatic rings. The van der Waals surface area contributed by atoms with E-state index in [1.165, 1.54) is 94.2 Å². The van der Waals surface area contributed by atoms with Gasteiger partial charge in [-0.2, -0.15) is 0 Å². The van der Waals surface area contributed by atoms with E-state index in [1.807, 2.05) is 0 Å². The van der Waals surface area contributed by atoms with Crippen molar-refractivity contribution in [3.05, 3.63) is 167 Å². The van der Waals surface area contributed by atoms with Crippen LogP contribution in [0.5, 0.6) is 0 Å². The highest BCUT2D eigenvalue weighted by Gasteiger charge is 2.52. The molecule has 0 fully saturated rings. The molecule has 0 heteroatoms. The van der Waals surface area contributed by atoms with Crippen molar-refractivity contribution in [1.29, 1.82) is 0 Å². The van der Waals surface area contributed by atoms with Gasteiger partial charge in [0.25, 0.3) is 0 Å². The molecule has 0 aliphatic heterocycles. The molecule has 0 N–H and O–H groups in total. The van der Waals surface area contributed by atoms with E-state index in [9.17, 15) is 0 Å². The van der Waals surface area contributed by atoms with Gasteiger partial charge in [-0.05, 0) is 108 Å². The average Bonchev–Trinajstić information content (AvgIpc) is 3.64. The summed E-state index contributed by atoms with van der Waals surface area (Å²) in [5.74, 6) is 0. The van der Waals surface area contributed by atoms with Gasteiger partial charge in [-0.1, -0.05) is 133 Å². The first-order chi connectivity index (χ1) is 20.7. The van der Waals surface area contributed by atoms with E-state index in [1.54, 1.807) is 0 Å². The fraction of sp³-hybridized carbons (Fsp3) is 0.0476. The first-order valence-corrected chi connectivity index (χ1v) is 14.9. The maximum atomic E-state index is 2.56. The number of hydrogen-bond acceptors (Lipinski definition) is 0. The highest BCUT2D eigenvalue weighted by Crippen LogP contribution is 2.66. The van der Waals surface area contributed by atoms with Crippen LogP contribution < -0.4 is 0 Å². The zero-order chi connectivity index (χ0) is 27.6. The summed E-state index contributed by atoms with van der Waals surface area (Å²) >= 11 is 0. The number of aryl methyl sites for hydroxylation is 1. The molecule has 0 amide bonds. The van der Waals surface area contributed by atoms with Crippen molar-refractivity contribution in [3.63, 3.8) is 0 Å². The summed E-state index contributed by atoms with van der Waals surface area (Å²) in [5, 5.41) is 2.76. The Morgan fingerprint density at radius 3 is 1.88 bits per heavy atom. The third kappa shape index (κ3) is 2.55. The molecule has 0 aromatic heterocycles. The molecule has 0 nitrogen and oxygen atoms in total. The molecule has 10 rings (SSSR count). The Hall–Kier alpha value is -5.20. The van der Waals surface area contributed by atoms with Gasteiger partial charge in [-0.25, -0.2) is 0 Å². The normalized spacial score (nSPS) is 16.3. The van der Waals surface area contributed by atoms with Crippen LogP contribution in [0.4, 0.5) is 0 Å². The standard InChI is InChI=1S/C42H26/c1-25-18-20-30-31-21-19-27(26-10-3-2-4-11-26)23-38(31)42(37(30)22-25)36-17-8-7-14-33(36)41-34-16-9-15-32-28-12-5-6-13-29(28)35(40(32)34)24-39(41)42/h2-24H,1H3. The van der Waals surface area contributed by atoms with Gasteiger partial charge in [0.2, 0.25) is 0 Å². The lowest BCUT2D eigenvalue weighted by molar-refractivity contribution is 0.794. The second-order valence-electron chi connectivity index (χ2n) is 12.1. The van der Waals surface area contributed by atoms with Crippen molar-refractivity contribution in [3.8, 4) is 55.6 Å². The van der Waals surface area contributed by atoms with Crippen LogP contribution in [0.2, 0.25) is 0 Å². The van der Waals surface area contributed by atoms with Crippen LogP contribution in [0.3, 0.4) is 0 Å². The molecule has 0 heterocycles. The van der Waals surface area contributed by atoms with E-state index in [4.69, 9.17) is 0 Å². The lowest BCUT2D eigenvalue weighted by Crippen LogP contribution is -2.26. The van der Waals surface area contributed by atoms with Crippen LogP contribution in [0, 0.1) is 6.92 Å². The maximum Gasteiger partial charge on any atom is 0.0726 e. The molecule has 0 saturated carbocycles. The fourth-order valence-electron chi connectivity index (χ4n) is 8.46. The van der Waals surface area contributed by atoms with Crippen molar-refractivity contribution in [2.24, 2.45) is 0 Å². The Morgan fingerprint density at radius 2 is 1.05 bits per heavy atom. The minimum Gasteiger partial charge on any atom is -0.0622 e. The Morgan fingerprint density at radius 1 is 0.381 bits per heavy atom. The zero-order valence-electron chi connectivity index (χ0n) is 23.3. The number of hydrogen-bond donors (Lipinski definition) is 0. The van der Waals surface area contributed by atoms with Crippen molar-refractivity contribution in [1.82, 2.24) is 0 Å². The van der Waals surface area contributed by atoms with Crippen molar-refractivity contribution in [2.75, 3.05) is 0 Å². The molecular formula is C42H26. The average molecular weight is 531 g/mol. The van der Waals surface area contributed by atoms with Crippen molar-refractivity contribution in [2.45, 2.75) is 12.3 Å². The van der Waals surface area contributed by atoms with Gasteiger partial charge in [0.15, 0.2) is 0 Å².